The first-order valence-corrected chi connectivity index (χ1v) is 5.84. The fraction of sp³-hybridized carbons (Fsp3) is 0.545. The van der Waals surface area contributed by atoms with E-state index in [2.05, 4.69) is 32.1 Å². The second-order valence-electron chi connectivity index (χ2n) is 4.50. The zero-order valence-corrected chi connectivity index (χ0v) is 10.3. The average Bonchev–Trinajstić information content (AvgIpc) is 2.83. The Labute approximate surface area is 99.7 Å². The van der Waals surface area contributed by atoms with Crippen molar-refractivity contribution in [1.29, 1.82) is 0 Å². The van der Waals surface area contributed by atoms with E-state index in [4.69, 9.17) is 0 Å². The zero-order chi connectivity index (χ0) is 12.0. The molecule has 2 aromatic heterocycles. The summed E-state index contributed by atoms with van der Waals surface area (Å²) in [4.78, 5) is 0. The van der Waals surface area contributed by atoms with E-state index in [0.29, 0.717) is 0 Å². The Balaban J connectivity index is 2.13. The number of hydrogen-bond acceptors (Lipinski definition) is 4. The molecule has 1 N–H and O–H groups in total. The number of nitrogens with zero attached hydrogens (tertiary/aromatic N) is 5. The van der Waals surface area contributed by atoms with Gasteiger partial charge in [-0.15, -0.1) is 10.2 Å². The van der Waals surface area contributed by atoms with E-state index in [0.717, 1.165) is 36.1 Å². The highest BCUT2D eigenvalue weighted by molar-refractivity contribution is 5.51. The van der Waals surface area contributed by atoms with Gasteiger partial charge in [-0.1, -0.05) is 0 Å². The summed E-state index contributed by atoms with van der Waals surface area (Å²) in [6, 6.07) is 2.31. The van der Waals surface area contributed by atoms with Gasteiger partial charge in [0.2, 0.25) is 0 Å². The standard InChI is InChI=1S/C11H16N6/c1-7-6-9(16(3)15-7)11-14-13-10-8(2)12-4-5-17(10)11/h6,8,12H,4-5H2,1-3H3. The predicted octanol–water partition coefficient (Wildman–Crippen LogP) is 0.651. The number of nitrogens with one attached hydrogen (secondary N) is 1. The maximum absolute atomic E-state index is 4.35. The van der Waals surface area contributed by atoms with Crippen molar-refractivity contribution in [3.63, 3.8) is 0 Å². The molecule has 3 heterocycles. The fourth-order valence-corrected chi connectivity index (χ4v) is 2.35. The summed E-state index contributed by atoms with van der Waals surface area (Å²) in [7, 11) is 1.94. The van der Waals surface area contributed by atoms with Gasteiger partial charge in [0.25, 0.3) is 0 Å². The quantitative estimate of drug-likeness (QED) is 0.784. The minimum absolute atomic E-state index is 0.263. The number of rotatable bonds is 1. The van der Waals surface area contributed by atoms with Gasteiger partial charge >= 0.3 is 0 Å². The number of aromatic nitrogens is 5. The molecule has 0 bridgehead atoms. The molecule has 6 nitrogen and oxygen atoms in total. The lowest BCUT2D eigenvalue weighted by atomic mass is 10.2. The minimum atomic E-state index is 0.263. The second-order valence-corrected chi connectivity index (χ2v) is 4.50. The van der Waals surface area contributed by atoms with Crippen LogP contribution in [0.4, 0.5) is 0 Å². The zero-order valence-electron chi connectivity index (χ0n) is 10.3. The van der Waals surface area contributed by atoms with E-state index in [1.165, 1.54) is 0 Å². The Bertz CT molecular complexity index is 552. The largest absolute Gasteiger partial charge is 0.307 e. The van der Waals surface area contributed by atoms with E-state index in [1.807, 2.05) is 24.7 Å². The molecule has 1 aliphatic rings. The second kappa shape index (κ2) is 3.66. The Hall–Kier alpha value is -1.69. The Morgan fingerprint density at radius 1 is 1.41 bits per heavy atom. The van der Waals surface area contributed by atoms with E-state index in [9.17, 15) is 0 Å². The van der Waals surface area contributed by atoms with Crippen LogP contribution in [0, 0.1) is 6.92 Å². The van der Waals surface area contributed by atoms with Gasteiger partial charge in [-0.05, 0) is 19.9 Å². The van der Waals surface area contributed by atoms with Crippen molar-refractivity contribution >= 4 is 0 Å². The highest BCUT2D eigenvalue weighted by Gasteiger charge is 2.23. The van der Waals surface area contributed by atoms with Crippen LogP contribution in [0.25, 0.3) is 11.5 Å². The summed E-state index contributed by atoms with van der Waals surface area (Å²) in [5.41, 5.74) is 2.03. The van der Waals surface area contributed by atoms with Crippen LogP contribution in [-0.4, -0.2) is 31.1 Å². The normalized spacial score (nSPS) is 19.4. The van der Waals surface area contributed by atoms with Gasteiger partial charge in [0.05, 0.1) is 11.7 Å². The Morgan fingerprint density at radius 3 is 2.94 bits per heavy atom. The third-order valence-corrected chi connectivity index (χ3v) is 3.18. The van der Waals surface area contributed by atoms with Crippen molar-refractivity contribution in [3.8, 4) is 11.5 Å². The molecule has 0 saturated heterocycles. The monoisotopic (exact) mass is 232 g/mol. The van der Waals surface area contributed by atoms with Crippen molar-refractivity contribution in [2.24, 2.45) is 7.05 Å². The Kier molecular flexibility index (Phi) is 2.25. The van der Waals surface area contributed by atoms with Gasteiger partial charge in [-0.3, -0.25) is 4.68 Å². The van der Waals surface area contributed by atoms with Crippen LogP contribution >= 0.6 is 0 Å². The molecule has 0 saturated carbocycles. The highest BCUT2D eigenvalue weighted by atomic mass is 15.3. The van der Waals surface area contributed by atoms with Crippen LogP contribution in [0.2, 0.25) is 0 Å². The summed E-state index contributed by atoms with van der Waals surface area (Å²) in [6.45, 7) is 5.96. The number of aryl methyl sites for hydroxylation is 2. The third-order valence-electron chi connectivity index (χ3n) is 3.18. The van der Waals surface area contributed by atoms with Crippen molar-refractivity contribution < 1.29 is 0 Å². The van der Waals surface area contributed by atoms with Crippen molar-refractivity contribution in [2.45, 2.75) is 26.4 Å². The van der Waals surface area contributed by atoms with Gasteiger partial charge in [0.15, 0.2) is 5.82 Å². The van der Waals surface area contributed by atoms with Crippen molar-refractivity contribution in [1.82, 2.24) is 29.9 Å². The smallest absolute Gasteiger partial charge is 0.182 e. The maximum Gasteiger partial charge on any atom is 0.182 e. The molecule has 0 aromatic carbocycles. The molecule has 0 spiro atoms. The van der Waals surface area contributed by atoms with Crippen LogP contribution in [-0.2, 0) is 13.6 Å². The summed E-state index contributed by atoms with van der Waals surface area (Å²) in [6.07, 6.45) is 0. The van der Waals surface area contributed by atoms with Gasteiger partial charge in [0.1, 0.15) is 11.5 Å². The minimum Gasteiger partial charge on any atom is -0.307 e. The topological polar surface area (TPSA) is 60.6 Å². The van der Waals surface area contributed by atoms with Gasteiger partial charge in [-0.2, -0.15) is 5.10 Å². The summed E-state index contributed by atoms with van der Waals surface area (Å²) in [5, 5.41) is 16.3. The number of hydrogen-bond donors (Lipinski definition) is 1. The van der Waals surface area contributed by atoms with E-state index in [-0.39, 0.29) is 6.04 Å². The summed E-state index contributed by atoms with van der Waals surface area (Å²) < 4.78 is 4.04. The molecule has 6 heteroatoms. The lowest BCUT2D eigenvalue weighted by Gasteiger charge is -2.21. The molecule has 3 rings (SSSR count). The molecular weight excluding hydrogens is 216 g/mol. The molecule has 0 amide bonds. The molecular formula is C11H16N6. The molecule has 1 aliphatic heterocycles. The highest BCUT2D eigenvalue weighted by Crippen LogP contribution is 2.23. The lowest BCUT2D eigenvalue weighted by Crippen LogP contribution is -2.32. The SMILES string of the molecule is Cc1cc(-c2nnc3n2CCNC3C)n(C)n1. The van der Waals surface area contributed by atoms with Crippen LogP contribution in [0.3, 0.4) is 0 Å². The summed E-state index contributed by atoms with van der Waals surface area (Å²) in [5.74, 6) is 1.92. The Morgan fingerprint density at radius 2 is 2.24 bits per heavy atom. The number of fused-ring (bicyclic) bond motifs is 1. The van der Waals surface area contributed by atoms with Crippen molar-refractivity contribution in [3.05, 3.63) is 17.6 Å². The van der Waals surface area contributed by atoms with Gasteiger partial charge < -0.3 is 9.88 Å². The lowest BCUT2D eigenvalue weighted by molar-refractivity contribution is 0.438. The van der Waals surface area contributed by atoms with Crippen LogP contribution < -0.4 is 5.32 Å². The van der Waals surface area contributed by atoms with E-state index < -0.39 is 0 Å². The molecule has 0 fully saturated rings. The van der Waals surface area contributed by atoms with Crippen LogP contribution in [0.15, 0.2) is 6.07 Å². The van der Waals surface area contributed by atoms with E-state index in [1.54, 1.807) is 0 Å². The van der Waals surface area contributed by atoms with Gasteiger partial charge in [0, 0.05) is 20.1 Å². The molecule has 1 atom stereocenters. The molecule has 0 aliphatic carbocycles. The maximum atomic E-state index is 4.35. The van der Waals surface area contributed by atoms with Crippen LogP contribution in [0.5, 0.6) is 0 Å². The summed E-state index contributed by atoms with van der Waals surface area (Å²) >= 11 is 0. The molecule has 0 radical (unpaired) electrons. The first kappa shape index (κ1) is 10.5. The fourth-order valence-electron chi connectivity index (χ4n) is 2.35. The predicted molar refractivity (Wildman–Crippen MR) is 63.4 cm³/mol. The van der Waals surface area contributed by atoms with Gasteiger partial charge in [-0.25, -0.2) is 0 Å². The molecule has 17 heavy (non-hydrogen) atoms. The van der Waals surface area contributed by atoms with E-state index >= 15 is 0 Å². The molecule has 1 unspecified atom stereocenters. The first-order chi connectivity index (χ1) is 8.16. The first-order valence-electron chi connectivity index (χ1n) is 5.84. The molecule has 90 valence electrons. The van der Waals surface area contributed by atoms with Crippen LogP contribution in [0.1, 0.15) is 24.5 Å². The van der Waals surface area contributed by atoms with Crippen molar-refractivity contribution in [2.75, 3.05) is 6.54 Å². The molecule has 2 aromatic rings. The average molecular weight is 232 g/mol. The third kappa shape index (κ3) is 1.56.